The van der Waals surface area contributed by atoms with Gasteiger partial charge in [-0.05, 0) is 23.8 Å². The molecule has 0 aliphatic heterocycles. The number of carboxylic acids is 1. The number of amides is 1. The number of rotatable bonds is 8. The van der Waals surface area contributed by atoms with Gasteiger partial charge in [0.2, 0.25) is 5.91 Å². The molecule has 0 unspecified atom stereocenters. The Morgan fingerprint density at radius 1 is 1.38 bits per heavy atom. The molecule has 0 bridgehead atoms. The van der Waals surface area contributed by atoms with Gasteiger partial charge in [-0.15, -0.1) is 11.3 Å². The van der Waals surface area contributed by atoms with Crippen molar-refractivity contribution in [1.29, 1.82) is 0 Å². The zero-order valence-electron chi connectivity index (χ0n) is 11.7. The summed E-state index contributed by atoms with van der Waals surface area (Å²) in [5, 5.41) is 12.9. The molecule has 0 aliphatic carbocycles. The quantitative estimate of drug-likeness (QED) is 0.646. The van der Waals surface area contributed by atoms with Crippen LogP contribution in [0.4, 0.5) is 0 Å². The van der Waals surface area contributed by atoms with Crippen molar-refractivity contribution in [3.63, 3.8) is 0 Å². The van der Waals surface area contributed by atoms with E-state index in [2.05, 4.69) is 10.0 Å². The van der Waals surface area contributed by atoms with Gasteiger partial charge in [-0.1, -0.05) is 19.9 Å². The molecule has 0 radical (unpaired) electrons. The molecule has 1 amide bonds. The Labute approximate surface area is 127 Å². The normalized spacial score (nSPS) is 13.1. The van der Waals surface area contributed by atoms with Crippen LogP contribution in [0.1, 0.15) is 20.3 Å². The molecule has 118 valence electrons. The minimum absolute atomic E-state index is 0.0919. The zero-order valence-corrected chi connectivity index (χ0v) is 13.3. The standard InChI is InChI=1S/C12H18N2O5S2/c1-8(2)6-9(12(16)17)14-10(15)7-13-21(18,19)11-4-3-5-20-11/h3-5,8-9,13H,6-7H2,1-2H3,(H,14,15)(H,16,17)/t9-/m0/s1. The molecule has 0 aliphatic rings. The highest BCUT2D eigenvalue weighted by Gasteiger charge is 2.22. The zero-order chi connectivity index (χ0) is 16.0. The van der Waals surface area contributed by atoms with E-state index in [1.54, 1.807) is 11.4 Å². The fourth-order valence-electron chi connectivity index (χ4n) is 1.59. The van der Waals surface area contributed by atoms with Gasteiger partial charge in [-0.2, -0.15) is 0 Å². The number of aliphatic carboxylic acids is 1. The Hall–Kier alpha value is -1.45. The van der Waals surface area contributed by atoms with Gasteiger partial charge >= 0.3 is 5.97 Å². The molecule has 1 heterocycles. The van der Waals surface area contributed by atoms with Crippen LogP contribution in [-0.2, 0) is 19.6 Å². The molecule has 3 N–H and O–H groups in total. The lowest BCUT2D eigenvalue weighted by molar-refractivity contribution is -0.142. The molecule has 0 fully saturated rings. The Morgan fingerprint density at radius 3 is 2.52 bits per heavy atom. The third-order valence-corrected chi connectivity index (χ3v) is 5.32. The van der Waals surface area contributed by atoms with Crippen molar-refractivity contribution in [3.8, 4) is 0 Å². The van der Waals surface area contributed by atoms with Crippen molar-refractivity contribution < 1.29 is 23.1 Å². The Morgan fingerprint density at radius 2 is 2.05 bits per heavy atom. The van der Waals surface area contributed by atoms with E-state index in [4.69, 9.17) is 5.11 Å². The van der Waals surface area contributed by atoms with Crippen LogP contribution >= 0.6 is 11.3 Å². The fraction of sp³-hybridized carbons (Fsp3) is 0.500. The van der Waals surface area contributed by atoms with Gasteiger partial charge in [-0.25, -0.2) is 17.9 Å². The average molecular weight is 334 g/mol. The van der Waals surface area contributed by atoms with Crippen LogP contribution in [0, 0.1) is 5.92 Å². The molecule has 0 aromatic carbocycles. The number of nitrogens with one attached hydrogen (secondary N) is 2. The third-order valence-electron chi connectivity index (χ3n) is 2.52. The molecular formula is C12H18N2O5S2. The largest absolute Gasteiger partial charge is 0.480 e. The summed E-state index contributed by atoms with van der Waals surface area (Å²) in [5.41, 5.74) is 0. The van der Waals surface area contributed by atoms with Crippen molar-refractivity contribution in [2.45, 2.75) is 30.5 Å². The number of hydrogen-bond donors (Lipinski definition) is 3. The molecule has 1 rings (SSSR count). The van der Waals surface area contributed by atoms with Crippen LogP contribution < -0.4 is 10.0 Å². The van der Waals surface area contributed by atoms with Crippen LogP contribution in [0.25, 0.3) is 0 Å². The summed E-state index contributed by atoms with van der Waals surface area (Å²) in [5.74, 6) is -1.73. The highest BCUT2D eigenvalue weighted by molar-refractivity contribution is 7.91. The smallest absolute Gasteiger partial charge is 0.326 e. The summed E-state index contributed by atoms with van der Waals surface area (Å²) in [6.45, 7) is 3.17. The van der Waals surface area contributed by atoms with Gasteiger partial charge in [0.05, 0.1) is 6.54 Å². The SMILES string of the molecule is CC(C)C[C@H](NC(=O)CNS(=O)(=O)c1cccs1)C(=O)O. The van der Waals surface area contributed by atoms with Gasteiger partial charge in [0, 0.05) is 0 Å². The van der Waals surface area contributed by atoms with Crippen LogP contribution in [0.5, 0.6) is 0 Å². The summed E-state index contributed by atoms with van der Waals surface area (Å²) in [6, 6.07) is 1.98. The van der Waals surface area contributed by atoms with Crippen molar-refractivity contribution in [1.82, 2.24) is 10.0 Å². The van der Waals surface area contributed by atoms with Crippen LogP contribution in [0.3, 0.4) is 0 Å². The van der Waals surface area contributed by atoms with E-state index in [-0.39, 0.29) is 16.5 Å². The highest BCUT2D eigenvalue weighted by atomic mass is 32.2. The monoisotopic (exact) mass is 334 g/mol. The van der Waals surface area contributed by atoms with Gasteiger partial charge in [0.15, 0.2) is 0 Å². The molecule has 1 aromatic rings. The van der Waals surface area contributed by atoms with E-state index < -0.39 is 34.5 Å². The first-order valence-electron chi connectivity index (χ1n) is 6.27. The van der Waals surface area contributed by atoms with Crippen molar-refractivity contribution in [3.05, 3.63) is 17.5 Å². The molecule has 0 spiro atoms. The first kappa shape index (κ1) is 17.6. The second-order valence-corrected chi connectivity index (χ2v) is 7.79. The van der Waals surface area contributed by atoms with Crippen LogP contribution in [0.15, 0.2) is 21.7 Å². The molecule has 0 saturated carbocycles. The van der Waals surface area contributed by atoms with Gasteiger partial charge < -0.3 is 10.4 Å². The van der Waals surface area contributed by atoms with E-state index in [9.17, 15) is 18.0 Å². The number of carbonyl (C=O) groups is 2. The molecule has 0 saturated heterocycles. The topological polar surface area (TPSA) is 113 Å². The predicted octanol–water partition coefficient (Wildman–Crippen LogP) is 0.642. The summed E-state index contributed by atoms with van der Waals surface area (Å²) >= 11 is 1.03. The maximum Gasteiger partial charge on any atom is 0.326 e. The van der Waals surface area contributed by atoms with E-state index in [1.807, 2.05) is 13.8 Å². The van der Waals surface area contributed by atoms with E-state index in [1.165, 1.54) is 6.07 Å². The second-order valence-electron chi connectivity index (χ2n) is 4.84. The first-order valence-corrected chi connectivity index (χ1v) is 8.64. The van der Waals surface area contributed by atoms with E-state index >= 15 is 0 Å². The lowest BCUT2D eigenvalue weighted by Crippen LogP contribution is -2.46. The van der Waals surface area contributed by atoms with Gasteiger partial charge in [0.25, 0.3) is 10.0 Å². The van der Waals surface area contributed by atoms with Crippen LogP contribution in [0.2, 0.25) is 0 Å². The summed E-state index contributed by atoms with van der Waals surface area (Å²) in [7, 11) is -3.73. The number of hydrogen-bond acceptors (Lipinski definition) is 5. The van der Waals surface area contributed by atoms with Crippen LogP contribution in [-0.4, -0.2) is 38.0 Å². The second kappa shape index (κ2) is 7.53. The minimum Gasteiger partial charge on any atom is -0.480 e. The van der Waals surface area contributed by atoms with E-state index in [0.29, 0.717) is 0 Å². The molecule has 7 nitrogen and oxygen atoms in total. The predicted molar refractivity (Wildman–Crippen MR) is 78.5 cm³/mol. The number of sulfonamides is 1. The summed E-state index contributed by atoms with van der Waals surface area (Å²) < 4.78 is 25.8. The summed E-state index contributed by atoms with van der Waals surface area (Å²) in [4.78, 5) is 22.7. The lowest BCUT2D eigenvalue weighted by Gasteiger charge is -2.16. The maximum atomic E-state index is 11.8. The molecular weight excluding hydrogens is 316 g/mol. The highest BCUT2D eigenvalue weighted by Crippen LogP contribution is 2.14. The van der Waals surface area contributed by atoms with Crippen molar-refractivity contribution in [2.24, 2.45) is 5.92 Å². The number of thiophene rings is 1. The summed E-state index contributed by atoms with van der Waals surface area (Å²) in [6.07, 6.45) is 0.277. The number of carbonyl (C=O) groups excluding carboxylic acids is 1. The first-order chi connectivity index (χ1) is 9.72. The molecule has 1 aromatic heterocycles. The lowest BCUT2D eigenvalue weighted by atomic mass is 10.0. The minimum atomic E-state index is -3.73. The average Bonchev–Trinajstić information content (AvgIpc) is 2.89. The molecule has 21 heavy (non-hydrogen) atoms. The number of carboxylic acid groups (broad SMARTS) is 1. The van der Waals surface area contributed by atoms with Crippen molar-refractivity contribution in [2.75, 3.05) is 6.54 Å². The fourth-order valence-corrected chi connectivity index (χ4v) is 3.61. The van der Waals surface area contributed by atoms with E-state index in [0.717, 1.165) is 11.3 Å². The van der Waals surface area contributed by atoms with Crippen molar-refractivity contribution >= 4 is 33.2 Å². The van der Waals surface area contributed by atoms with Gasteiger partial charge in [0.1, 0.15) is 10.3 Å². The Balaban J connectivity index is 2.55. The maximum absolute atomic E-state index is 11.8. The Bertz CT molecular complexity index is 581. The molecule has 1 atom stereocenters. The molecule has 9 heteroatoms. The Kier molecular flexibility index (Phi) is 6.31. The van der Waals surface area contributed by atoms with Gasteiger partial charge in [-0.3, -0.25) is 4.79 Å². The third kappa shape index (κ3) is 5.82.